The molecule has 1 saturated heterocycles. The first-order valence-corrected chi connectivity index (χ1v) is 12.1. The van der Waals surface area contributed by atoms with Crippen molar-refractivity contribution in [3.8, 4) is 5.75 Å². The minimum atomic E-state index is -3.63. The van der Waals surface area contributed by atoms with Crippen LogP contribution in [0.5, 0.6) is 5.75 Å². The topological polar surface area (TPSA) is 59.5 Å². The van der Waals surface area contributed by atoms with E-state index in [0.29, 0.717) is 27.8 Å². The Labute approximate surface area is 182 Å². The maximum absolute atomic E-state index is 13.5. The smallest absolute Gasteiger partial charge is 0.186 e. The van der Waals surface area contributed by atoms with E-state index in [1.807, 2.05) is 6.07 Å². The zero-order chi connectivity index (χ0) is 21.3. The maximum atomic E-state index is 13.5. The Morgan fingerprint density at radius 3 is 2.67 bits per heavy atom. The van der Waals surface area contributed by atoms with E-state index >= 15 is 0 Å². The normalized spacial score (nSPS) is 15.5. The van der Waals surface area contributed by atoms with Crippen LogP contribution >= 0.6 is 11.6 Å². The van der Waals surface area contributed by atoms with Crippen molar-refractivity contribution in [2.75, 3.05) is 25.1 Å². The van der Waals surface area contributed by atoms with E-state index in [9.17, 15) is 8.42 Å². The molecule has 4 rings (SSSR count). The Morgan fingerprint density at radius 1 is 1.17 bits per heavy atom. The highest BCUT2D eigenvalue weighted by molar-refractivity contribution is 7.90. The number of sulfone groups is 1. The van der Waals surface area contributed by atoms with Crippen molar-refractivity contribution in [1.82, 2.24) is 4.98 Å². The Balaban J connectivity index is 1.82. The molecule has 1 aliphatic rings. The highest BCUT2D eigenvalue weighted by atomic mass is 35.5. The number of benzene rings is 2. The fraction of sp³-hybridized carbons (Fsp3) is 0.348. The third-order valence-electron chi connectivity index (χ3n) is 5.69. The minimum Gasteiger partial charge on any atom is -0.497 e. The van der Waals surface area contributed by atoms with Gasteiger partial charge < -0.3 is 9.64 Å². The van der Waals surface area contributed by atoms with Crippen LogP contribution in [0.2, 0.25) is 5.02 Å². The van der Waals surface area contributed by atoms with E-state index in [0.717, 1.165) is 37.0 Å². The molecule has 1 aromatic heterocycles. The molecule has 1 fully saturated rings. The van der Waals surface area contributed by atoms with Gasteiger partial charge in [-0.3, -0.25) is 4.98 Å². The van der Waals surface area contributed by atoms with E-state index in [4.69, 9.17) is 16.3 Å². The summed E-state index contributed by atoms with van der Waals surface area (Å²) in [7, 11) is -2.06. The molecule has 0 bridgehead atoms. The van der Waals surface area contributed by atoms with Crippen LogP contribution in [0.3, 0.4) is 0 Å². The molecular weight excluding hydrogens is 420 g/mol. The molecule has 0 N–H and O–H groups in total. The number of piperidine rings is 1. The van der Waals surface area contributed by atoms with Crippen LogP contribution in [0.1, 0.15) is 25.3 Å². The Hall–Kier alpha value is -2.31. The second-order valence-corrected chi connectivity index (χ2v) is 10.3. The molecule has 2 heterocycles. The van der Waals surface area contributed by atoms with Crippen molar-refractivity contribution in [2.24, 2.45) is 5.92 Å². The fourth-order valence-corrected chi connectivity index (χ4v) is 5.67. The van der Waals surface area contributed by atoms with Gasteiger partial charge in [0, 0.05) is 29.7 Å². The van der Waals surface area contributed by atoms with Gasteiger partial charge in [0.05, 0.1) is 24.1 Å². The van der Waals surface area contributed by atoms with Crippen molar-refractivity contribution in [3.05, 3.63) is 59.2 Å². The first-order chi connectivity index (χ1) is 14.4. The first-order valence-electron chi connectivity index (χ1n) is 10.1. The number of pyridine rings is 1. The number of nitrogens with zero attached hydrogens (tertiary/aromatic N) is 2. The van der Waals surface area contributed by atoms with Crippen LogP contribution < -0.4 is 9.64 Å². The molecule has 0 saturated carbocycles. The standard InChI is InChI=1S/C23H25ClN2O3S/c1-16-8-10-26(11-9-16)23-20-7-6-18(24)13-21(20)25-14-22(23)30(27,28)15-17-4-3-5-19(12-17)29-2/h3-7,12-14,16H,8-11,15H2,1-2H3. The van der Waals surface area contributed by atoms with Gasteiger partial charge in [-0.2, -0.15) is 0 Å². The van der Waals surface area contributed by atoms with Gasteiger partial charge in [-0.1, -0.05) is 30.7 Å². The maximum Gasteiger partial charge on any atom is 0.186 e. The van der Waals surface area contributed by atoms with Gasteiger partial charge >= 0.3 is 0 Å². The fourth-order valence-electron chi connectivity index (χ4n) is 3.98. The molecule has 7 heteroatoms. The molecule has 0 atom stereocenters. The largest absolute Gasteiger partial charge is 0.497 e. The summed E-state index contributed by atoms with van der Waals surface area (Å²) in [6, 6.07) is 12.6. The molecule has 0 spiro atoms. The van der Waals surface area contributed by atoms with Gasteiger partial charge in [0.25, 0.3) is 0 Å². The zero-order valence-corrected chi connectivity index (χ0v) is 18.7. The lowest BCUT2D eigenvalue weighted by Crippen LogP contribution is -2.34. The average molecular weight is 445 g/mol. The van der Waals surface area contributed by atoms with E-state index in [-0.39, 0.29) is 10.6 Å². The summed E-state index contributed by atoms with van der Waals surface area (Å²) >= 11 is 6.16. The molecule has 5 nitrogen and oxygen atoms in total. The molecule has 0 aliphatic carbocycles. The molecule has 0 amide bonds. The summed E-state index contributed by atoms with van der Waals surface area (Å²) in [6.45, 7) is 3.89. The summed E-state index contributed by atoms with van der Waals surface area (Å²) in [6.07, 6.45) is 3.56. The lowest BCUT2D eigenvalue weighted by atomic mass is 9.98. The van der Waals surface area contributed by atoms with Crippen molar-refractivity contribution in [3.63, 3.8) is 0 Å². The summed E-state index contributed by atoms with van der Waals surface area (Å²) in [4.78, 5) is 6.90. The first kappa shape index (κ1) is 20.9. The van der Waals surface area contributed by atoms with Crippen molar-refractivity contribution >= 4 is 38.0 Å². The van der Waals surface area contributed by atoms with Crippen LogP contribution in [-0.2, 0) is 15.6 Å². The van der Waals surface area contributed by atoms with E-state index < -0.39 is 9.84 Å². The van der Waals surface area contributed by atoms with Crippen molar-refractivity contribution in [1.29, 1.82) is 0 Å². The van der Waals surface area contributed by atoms with Gasteiger partial charge in [-0.15, -0.1) is 0 Å². The summed E-state index contributed by atoms with van der Waals surface area (Å²) in [5, 5.41) is 1.40. The number of hydrogen-bond acceptors (Lipinski definition) is 5. The van der Waals surface area contributed by atoms with E-state index in [2.05, 4.69) is 16.8 Å². The average Bonchev–Trinajstić information content (AvgIpc) is 2.73. The van der Waals surface area contributed by atoms with Gasteiger partial charge in [0.15, 0.2) is 9.84 Å². The van der Waals surface area contributed by atoms with Crippen LogP contribution in [0.4, 0.5) is 5.69 Å². The van der Waals surface area contributed by atoms with Gasteiger partial charge in [-0.05, 0) is 54.7 Å². The quantitative estimate of drug-likeness (QED) is 0.547. The number of rotatable bonds is 5. The van der Waals surface area contributed by atoms with Crippen LogP contribution in [0.15, 0.2) is 53.6 Å². The molecule has 1 aliphatic heterocycles. The monoisotopic (exact) mass is 444 g/mol. The second kappa shape index (κ2) is 8.44. The Morgan fingerprint density at radius 2 is 1.93 bits per heavy atom. The van der Waals surface area contributed by atoms with Gasteiger partial charge in [-0.25, -0.2) is 8.42 Å². The molecule has 0 radical (unpaired) electrons. The minimum absolute atomic E-state index is 0.109. The predicted octanol–water partition coefficient (Wildman–Crippen LogP) is 5.11. The number of fused-ring (bicyclic) bond motifs is 1. The number of ether oxygens (including phenoxy) is 1. The van der Waals surface area contributed by atoms with Crippen molar-refractivity contribution in [2.45, 2.75) is 30.4 Å². The third kappa shape index (κ3) is 4.25. The lowest BCUT2D eigenvalue weighted by molar-refractivity contribution is 0.414. The third-order valence-corrected chi connectivity index (χ3v) is 7.61. The second-order valence-electron chi connectivity index (χ2n) is 7.91. The molecule has 30 heavy (non-hydrogen) atoms. The highest BCUT2D eigenvalue weighted by Gasteiger charge is 2.27. The molecular formula is C23H25ClN2O3S. The number of halogens is 1. The van der Waals surface area contributed by atoms with Crippen molar-refractivity contribution < 1.29 is 13.2 Å². The molecule has 0 unspecified atom stereocenters. The zero-order valence-electron chi connectivity index (χ0n) is 17.1. The van der Waals surface area contributed by atoms with Gasteiger partial charge in [0.2, 0.25) is 0 Å². The number of aromatic nitrogens is 1. The van der Waals surface area contributed by atoms with Gasteiger partial charge in [0.1, 0.15) is 10.6 Å². The molecule has 2 aromatic carbocycles. The summed E-state index contributed by atoms with van der Waals surface area (Å²) < 4.78 is 32.3. The number of hydrogen-bond donors (Lipinski definition) is 0. The molecule has 158 valence electrons. The number of anilines is 1. The Bertz CT molecular complexity index is 1170. The highest BCUT2D eigenvalue weighted by Crippen LogP contribution is 2.37. The van der Waals surface area contributed by atoms with E-state index in [1.165, 1.54) is 6.20 Å². The number of methoxy groups -OCH3 is 1. The van der Waals surface area contributed by atoms with Crippen LogP contribution in [0.25, 0.3) is 10.9 Å². The van der Waals surface area contributed by atoms with E-state index in [1.54, 1.807) is 43.5 Å². The van der Waals surface area contributed by atoms with Crippen LogP contribution in [-0.4, -0.2) is 33.6 Å². The molecule has 3 aromatic rings. The SMILES string of the molecule is COc1cccc(CS(=O)(=O)c2cnc3cc(Cl)ccc3c2N2CCC(C)CC2)c1. The predicted molar refractivity (Wildman–Crippen MR) is 121 cm³/mol. The summed E-state index contributed by atoms with van der Waals surface area (Å²) in [5.74, 6) is 1.17. The summed E-state index contributed by atoms with van der Waals surface area (Å²) in [5.41, 5.74) is 2.13. The van der Waals surface area contributed by atoms with Crippen LogP contribution in [0, 0.1) is 5.92 Å². The lowest BCUT2D eigenvalue weighted by Gasteiger charge is -2.34. The Kier molecular flexibility index (Phi) is 5.89.